The second-order valence-electron chi connectivity index (χ2n) is 4.10. The maximum absolute atomic E-state index is 12.1. The Bertz CT molecular complexity index is 585. The summed E-state index contributed by atoms with van der Waals surface area (Å²) in [7, 11) is 1.01. The maximum Gasteiger partial charge on any atom is 0.573 e. The van der Waals surface area contributed by atoms with Crippen LogP contribution in [0.5, 0.6) is 5.75 Å². The topological polar surface area (TPSA) is 81.7 Å². The predicted octanol–water partition coefficient (Wildman–Crippen LogP) is 1.45. The van der Waals surface area contributed by atoms with Gasteiger partial charge in [0.05, 0.1) is 7.11 Å². The molecule has 0 saturated carbocycles. The van der Waals surface area contributed by atoms with E-state index in [9.17, 15) is 27.6 Å². The number of hydrogen-bond donors (Lipinski definition) is 1. The van der Waals surface area contributed by atoms with Gasteiger partial charge in [0.2, 0.25) is 5.91 Å². The van der Waals surface area contributed by atoms with Crippen LogP contribution in [0.4, 0.5) is 13.2 Å². The molecule has 9 heteroatoms. The van der Waals surface area contributed by atoms with Crippen molar-refractivity contribution < 1.29 is 37.0 Å². The lowest BCUT2D eigenvalue weighted by molar-refractivity contribution is -0.274. The molecule has 0 fully saturated rings. The molecule has 0 radical (unpaired) electrons. The van der Waals surface area contributed by atoms with Gasteiger partial charge in [-0.1, -0.05) is 12.1 Å². The summed E-state index contributed by atoms with van der Waals surface area (Å²) in [6, 6.07) is 2.49. The number of amides is 1. The minimum Gasteiger partial charge on any atom is -0.467 e. The molecule has 0 aromatic heterocycles. The van der Waals surface area contributed by atoms with Crippen molar-refractivity contribution in [3.05, 3.63) is 29.8 Å². The predicted molar refractivity (Wildman–Crippen MR) is 67.1 cm³/mol. The van der Waals surface area contributed by atoms with Crippen LogP contribution in [0, 0.1) is 0 Å². The molecular weight excluding hydrogens is 307 g/mol. The van der Waals surface area contributed by atoms with Gasteiger partial charge in [0.25, 0.3) is 0 Å². The monoisotopic (exact) mass is 319 g/mol. The number of nitrogens with one attached hydrogen (secondary N) is 1. The zero-order valence-electron chi connectivity index (χ0n) is 11.6. The molecule has 22 heavy (non-hydrogen) atoms. The van der Waals surface area contributed by atoms with Gasteiger partial charge in [0, 0.05) is 12.5 Å². The second kappa shape index (κ2) is 6.92. The minimum atomic E-state index is -4.92. The molecule has 1 amide bonds. The number of ether oxygens (including phenoxy) is 2. The molecule has 1 N–H and O–H groups in total. The average Bonchev–Trinajstić information content (AvgIpc) is 2.41. The van der Waals surface area contributed by atoms with Gasteiger partial charge < -0.3 is 14.8 Å². The van der Waals surface area contributed by atoms with E-state index in [-0.39, 0.29) is 5.56 Å². The van der Waals surface area contributed by atoms with E-state index in [0.717, 1.165) is 32.2 Å². The highest BCUT2D eigenvalue weighted by atomic mass is 19.4. The van der Waals surface area contributed by atoms with Gasteiger partial charge in [0.1, 0.15) is 5.75 Å². The first-order valence-corrected chi connectivity index (χ1v) is 5.89. The molecule has 0 aliphatic carbocycles. The van der Waals surface area contributed by atoms with Crippen molar-refractivity contribution in [3.63, 3.8) is 0 Å². The normalized spacial score (nSPS) is 12.2. The van der Waals surface area contributed by atoms with Crippen molar-refractivity contribution in [2.45, 2.75) is 19.3 Å². The van der Waals surface area contributed by atoms with Gasteiger partial charge in [-0.3, -0.25) is 9.59 Å². The lowest BCUT2D eigenvalue weighted by Gasteiger charge is -2.15. The van der Waals surface area contributed by atoms with Crippen LogP contribution in [0.1, 0.15) is 17.3 Å². The van der Waals surface area contributed by atoms with Crippen molar-refractivity contribution in [2.24, 2.45) is 0 Å². The number of alkyl halides is 3. The fraction of sp³-hybridized carbons (Fsp3) is 0.308. The molecule has 0 unspecified atom stereocenters. The van der Waals surface area contributed by atoms with E-state index in [1.54, 1.807) is 0 Å². The third-order valence-corrected chi connectivity index (χ3v) is 2.40. The summed E-state index contributed by atoms with van der Waals surface area (Å²) in [6.07, 6.45) is -4.92. The number of carbonyl (C=O) groups excluding carboxylic acids is 3. The Balaban J connectivity index is 3.06. The largest absolute Gasteiger partial charge is 0.573 e. The molecule has 6 nitrogen and oxygen atoms in total. The number of ketones is 1. The van der Waals surface area contributed by atoms with E-state index in [0.29, 0.717) is 0 Å². The van der Waals surface area contributed by atoms with Crippen molar-refractivity contribution in [1.29, 1.82) is 0 Å². The Labute approximate surface area is 123 Å². The average molecular weight is 319 g/mol. The van der Waals surface area contributed by atoms with Gasteiger partial charge in [-0.25, -0.2) is 4.79 Å². The SMILES string of the molecule is COC(=O)[C@H](NC(C)=O)C(=O)c1cccc(OC(F)(F)F)c1. The zero-order valence-corrected chi connectivity index (χ0v) is 11.6. The van der Waals surface area contributed by atoms with Crippen LogP contribution in [0.3, 0.4) is 0 Å². The number of halogens is 3. The number of esters is 1. The van der Waals surface area contributed by atoms with E-state index in [2.05, 4.69) is 14.8 Å². The molecule has 1 rings (SSSR count). The Hall–Kier alpha value is -2.58. The van der Waals surface area contributed by atoms with Crippen LogP contribution in [0.15, 0.2) is 24.3 Å². The summed E-state index contributed by atoms with van der Waals surface area (Å²) < 4.78 is 44.5. The van der Waals surface area contributed by atoms with Crippen LogP contribution < -0.4 is 10.1 Å². The highest BCUT2D eigenvalue weighted by molar-refractivity contribution is 6.13. The first-order chi connectivity index (χ1) is 10.1. The Morgan fingerprint density at radius 1 is 1.23 bits per heavy atom. The molecule has 0 aliphatic heterocycles. The zero-order chi connectivity index (χ0) is 16.9. The van der Waals surface area contributed by atoms with Crippen LogP contribution in [0.2, 0.25) is 0 Å². The molecule has 0 heterocycles. The summed E-state index contributed by atoms with van der Waals surface area (Å²) in [6.45, 7) is 1.08. The number of carbonyl (C=O) groups is 3. The van der Waals surface area contributed by atoms with Crippen LogP contribution in [-0.2, 0) is 14.3 Å². The quantitative estimate of drug-likeness (QED) is 0.504. The lowest BCUT2D eigenvalue weighted by Crippen LogP contribution is -2.46. The van der Waals surface area contributed by atoms with Gasteiger partial charge in [-0.2, -0.15) is 0 Å². The van der Waals surface area contributed by atoms with Crippen LogP contribution in [0.25, 0.3) is 0 Å². The van der Waals surface area contributed by atoms with E-state index in [4.69, 9.17) is 0 Å². The van der Waals surface area contributed by atoms with Crippen molar-refractivity contribution in [3.8, 4) is 5.75 Å². The number of benzene rings is 1. The fourth-order valence-corrected chi connectivity index (χ4v) is 1.57. The van der Waals surface area contributed by atoms with Gasteiger partial charge in [0.15, 0.2) is 11.8 Å². The summed E-state index contributed by atoms with van der Waals surface area (Å²) in [5, 5.41) is 2.07. The van der Waals surface area contributed by atoms with Crippen molar-refractivity contribution >= 4 is 17.7 Å². The molecule has 0 saturated heterocycles. The highest BCUT2D eigenvalue weighted by Crippen LogP contribution is 2.23. The number of hydrogen-bond acceptors (Lipinski definition) is 5. The maximum atomic E-state index is 12.1. The van der Waals surface area contributed by atoms with Gasteiger partial charge >= 0.3 is 12.3 Å². The third-order valence-electron chi connectivity index (χ3n) is 2.40. The number of methoxy groups -OCH3 is 1. The summed E-state index contributed by atoms with van der Waals surface area (Å²) in [5.74, 6) is -3.26. The van der Waals surface area contributed by atoms with Gasteiger partial charge in [-0.05, 0) is 12.1 Å². The van der Waals surface area contributed by atoms with E-state index in [1.165, 1.54) is 6.07 Å². The van der Waals surface area contributed by atoms with Crippen molar-refractivity contribution in [1.82, 2.24) is 5.32 Å². The first kappa shape index (κ1) is 17.5. The number of Topliss-reactive ketones (excluding diaryl/α,β-unsaturated/α-hetero) is 1. The van der Waals surface area contributed by atoms with E-state index < -0.39 is 35.8 Å². The van der Waals surface area contributed by atoms with Crippen molar-refractivity contribution in [2.75, 3.05) is 7.11 Å². The molecule has 1 aromatic carbocycles. The minimum absolute atomic E-state index is 0.245. The Morgan fingerprint density at radius 2 is 1.86 bits per heavy atom. The molecular formula is C13H12F3NO5. The lowest BCUT2D eigenvalue weighted by atomic mass is 10.0. The fourth-order valence-electron chi connectivity index (χ4n) is 1.57. The van der Waals surface area contributed by atoms with Gasteiger partial charge in [-0.15, -0.1) is 13.2 Å². The molecule has 1 aromatic rings. The Kier molecular flexibility index (Phi) is 5.50. The molecule has 0 spiro atoms. The molecule has 0 bridgehead atoms. The number of rotatable bonds is 5. The first-order valence-electron chi connectivity index (χ1n) is 5.89. The van der Waals surface area contributed by atoms with E-state index in [1.807, 2.05) is 0 Å². The standard InChI is InChI=1S/C13H12F3NO5/c1-7(18)17-10(12(20)21-2)11(19)8-4-3-5-9(6-8)22-13(14,15)16/h3-6,10H,1-2H3,(H,17,18)/t10-/m1/s1. The Morgan fingerprint density at radius 3 is 2.36 bits per heavy atom. The summed E-state index contributed by atoms with van der Waals surface area (Å²) >= 11 is 0. The molecule has 1 atom stereocenters. The molecule has 120 valence electrons. The second-order valence-corrected chi connectivity index (χ2v) is 4.10. The van der Waals surface area contributed by atoms with E-state index >= 15 is 0 Å². The smallest absolute Gasteiger partial charge is 0.467 e. The van der Waals surface area contributed by atoms with Crippen LogP contribution >= 0.6 is 0 Å². The summed E-state index contributed by atoms with van der Waals surface area (Å²) in [5.41, 5.74) is -0.245. The highest BCUT2D eigenvalue weighted by Gasteiger charge is 2.33. The third kappa shape index (κ3) is 5.08. The summed E-state index contributed by atoms with van der Waals surface area (Å²) in [4.78, 5) is 34.7. The molecule has 0 aliphatic rings. The van der Waals surface area contributed by atoms with Crippen LogP contribution in [-0.4, -0.2) is 37.2 Å².